The van der Waals surface area contributed by atoms with E-state index >= 15 is 0 Å². The molecule has 0 aromatic carbocycles. The van der Waals surface area contributed by atoms with Gasteiger partial charge in [0.25, 0.3) is 0 Å². The number of aryl methyl sites for hydroxylation is 1. The van der Waals surface area contributed by atoms with Gasteiger partial charge in [0.15, 0.2) is 0 Å². The predicted octanol–water partition coefficient (Wildman–Crippen LogP) is 3.02. The monoisotopic (exact) mass is 196 g/mol. The van der Waals surface area contributed by atoms with Crippen molar-refractivity contribution in [3.8, 4) is 0 Å². The Balaban J connectivity index is 2.92. The van der Waals surface area contributed by atoms with E-state index in [1.807, 2.05) is 13.1 Å². The Morgan fingerprint density at radius 2 is 2.15 bits per heavy atom. The first-order valence-corrected chi connectivity index (χ1v) is 5.60. The van der Waals surface area contributed by atoms with Crippen molar-refractivity contribution >= 4 is 11.8 Å². The zero-order valence-corrected chi connectivity index (χ0v) is 9.48. The molecule has 1 rings (SSSR count). The molecule has 13 heavy (non-hydrogen) atoms. The molecule has 0 radical (unpaired) electrons. The summed E-state index contributed by atoms with van der Waals surface area (Å²) in [5, 5.41) is 1.06. The van der Waals surface area contributed by atoms with Gasteiger partial charge in [-0.2, -0.15) is 0 Å². The summed E-state index contributed by atoms with van der Waals surface area (Å²) >= 11 is 1.75. The van der Waals surface area contributed by atoms with E-state index in [4.69, 9.17) is 0 Å². The zero-order valence-electron chi connectivity index (χ0n) is 8.66. The molecule has 0 amide bonds. The van der Waals surface area contributed by atoms with E-state index in [-0.39, 0.29) is 0 Å². The minimum absolute atomic E-state index is 0.465. The Bertz CT molecular complexity index is 284. The summed E-state index contributed by atoms with van der Waals surface area (Å²) in [7, 11) is 0. The van der Waals surface area contributed by atoms with Crippen LogP contribution in [0.5, 0.6) is 0 Å². The van der Waals surface area contributed by atoms with Gasteiger partial charge in [-0.25, -0.2) is 4.98 Å². The Morgan fingerprint density at radius 1 is 1.46 bits per heavy atom. The maximum absolute atomic E-state index is 4.51. The first kappa shape index (κ1) is 10.5. The first-order chi connectivity index (χ1) is 6.15. The average molecular weight is 196 g/mol. The third-order valence-electron chi connectivity index (χ3n) is 1.79. The second-order valence-corrected chi connectivity index (χ2v) is 4.53. The predicted molar refractivity (Wildman–Crippen MR) is 57.3 cm³/mol. The molecule has 0 aliphatic carbocycles. The molecule has 0 saturated heterocycles. The Labute approximate surface area is 84.2 Å². The van der Waals surface area contributed by atoms with E-state index in [0.29, 0.717) is 5.92 Å². The lowest BCUT2D eigenvalue weighted by molar-refractivity contribution is 0.785. The van der Waals surface area contributed by atoms with Gasteiger partial charge in [0.2, 0.25) is 0 Å². The molecule has 1 aromatic heterocycles. The number of hydrogen-bond acceptors (Lipinski definition) is 3. The molecule has 2 nitrogen and oxygen atoms in total. The van der Waals surface area contributed by atoms with E-state index in [9.17, 15) is 0 Å². The number of nitrogens with zero attached hydrogens (tertiary/aromatic N) is 2. The fraction of sp³-hybridized carbons (Fsp3) is 0.600. The van der Waals surface area contributed by atoms with E-state index in [0.717, 1.165) is 22.2 Å². The summed E-state index contributed by atoms with van der Waals surface area (Å²) in [6.07, 6.45) is 1.88. The van der Waals surface area contributed by atoms with Crippen LogP contribution in [0.2, 0.25) is 0 Å². The zero-order chi connectivity index (χ0) is 9.84. The van der Waals surface area contributed by atoms with Crippen LogP contribution in [0.1, 0.15) is 38.1 Å². The molecule has 0 aliphatic heterocycles. The SMILES string of the molecule is CCSc1ncc(C(C)C)nc1C. The second kappa shape index (κ2) is 4.61. The smallest absolute Gasteiger partial charge is 0.117 e. The van der Waals surface area contributed by atoms with Crippen molar-refractivity contribution < 1.29 is 0 Å². The number of hydrogen-bond donors (Lipinski definition) is 0. The molecule has 0 saturated carbocycles. The molecule has 0 atom stereocenters. The fourth-order valence-corrected chi connectivity index (χ4v) is 1.70. The average Bonchev–Trinajstić information content (AvgIpc) is 2.08. The third-order valence-corrected chi connectivity index (χ3v) is 2.76. The van der Waals surface area contributed by atoms with Gasteiger partial charge < -0.3 is 0 Å². The highest BCUT2D eigenvalue weighted by Crippen LogP contribution is 2.19. The maximum atomic E-state index is 4.51. The van der Waals surface area contributed by atoms with Crippen molar-refractivity contribution in [3.63, 3.8) is 0 Å². The molecule has 72 valence electrons. The highest BCUT2D eigenvalue weighted by atomic mass is 32.2. The van der Waals surface area contributed by atoms with E-state index in [2.05, 4.69) is 30.7 Å². The summed E-state index contributed by atoms with van der Waals surface area (Å²) in [6, 6.07) is 0. The topological polar surface area (TPSA) is 25.8 Å². The lowest BCUT2D eigenvalue weighted by atomic mass is 10.1. The summed E-state index contributed by atoms with van der Waals surface area (Å²) in [4.78, 5) is 8.90. The van der Waals surface area contributed by atoms with Crippen LogP contribution in [-0.4, -0.2) is 15.7 Å². The summed E-state index contributed by atoms with van der Waals surface area (Å²) in [5.41, 5.74) is 2.14. The number of thioether (sulfide) groups is 1. The van der Waals surface area contributed by atoms with E-state index in [1.165, 1.54) is 0 Å². The Kier molecular flexibility index (Phi) is 3.72. The number of aromatic nitrogens is 2. The van der Waals surface area contributed by atoms with Gasteiger partial charge in [-0.05, 0) is 18.6 Å². The molecule has 0 fully saturated rings. The highest BCUT2D eigenvalue weighted by molar-refractivity contribution is 7.99. The van der Waals surface area contributed by atoms with Gasteiger partial charge >= 0.3 is 0 Å². The molecule has 3 heteroatoms. The summed E-state index contributed by atoms with van der Waals surface area (Å²) in [6.45, 7) is 8.42. The molecule has 0 spiro atoms. The molecular weight excluding hydrogens is 180 g/mol. The molecule has 0 aliphatic rings. The van der Waals surface area contributed by atoms with Crippen LogP contribution in [0.25, 0.3) is 0 Å². The van der Waals surface area contributed by atoms with Crippen molar-refractivity contribution in [1.29, 1.82) is 0 Å². The van der Waals surface area contributed by atoms with E-state index < -0.39 is 0 Å². The summed E-state index contributed by atoms with van der Waals surface area (Å²) < 4.78 is 0. The van der Waals surface area contributed by atoms with Gasteiger partial charge in [0.1, 0.15) is 5.03 Å². The van der Waals surface area contributed by atoms with Crippen LogP contribution in [0.3, 0.4) is 0 Å². The van der Waals surface area contributed by atoms with Gasteiger partial charge in [0, 0.05) is 6.20 Å². The van der Waals surface area contributed by atoms with Gasteiger partial charge in [-0.3, -0.25) is 4.98 Å². The minimum Gasteiger partial charge on any atom is -0.253 e. The standard InChI is InChI=1S/C10H16N2S/c1-5-13-10-8(4)12-9(6-11-10)7(2)3/h6-7H,5H2,1-4H3. The highest BCUT2D eigenvalue weighted by Gasteiger charge is 2.05. The van der Waals surface area contributed by atoms with Crippen LogP contribution in [-0.2, 0) is 0 Å². The van der Waals surface area contributed by atoms with Crippen LogP contribution < -0.4 is 0 Å². The first-order valence-electron chi connectivity index (χ1n) is 4.61. The molecule has 0 unspecified atom stereocenters. The van der Waals surface area contributed by atoms with E-state index in [1.54, 1.807) is 11.8 Å². The van der Waals surface area contributed by atoms with Gasteiger partial charge in [0.05, 0.1) is 11.4 Å². The van der Waals surface area contributed by atoms with Crippen LogP contribution >= 0.6 is 11.8 Å². The van der Waals surface area contributed by atoms with Crippen molar-refractivity contribution in [2.45, 2.75) is 38.6 Å². The van der Waals surface area contributed by atoms with Gasteiger partial charge in [-0.1, -0.05) is 20.8 Å². The fourth-order valence-electron chi connectivity index (χ4n) is 1.05. The molecular formula is C10H16N2S. The third kappa shape index (κ3) is 2.69. The van der Waals surface area contributed by atoms with Crippen molar-refractivity contribution in [2.24, 2.45) is 0 Å². The lowest BCUT2D eigenvalue weighted by Crippen LogP contribution is -1.98. The van der Waals surface area contributed by atoms with Crippen molar-refractivity contribution in [3.05, 3.63) is 17.6 Å². The molecule has 1 heterocycles. The van der Waals surface area contributed by atoms with Crippen LogP contribution in [0, 0.1) is 6.92 Å². The normalized spacial score (nSPS) is 10.8. The summed E-state index contributed by atoms with van der Waals surface area (Å²) in [5.74, 6) is 1.52. The minimum atomic E-state index is 0.465. The molecule has 1 aromatic rings. The molecule has 0 N–H and O–H groups in total. The van der Waals surface area contributed by atoms with Crippen molar-refractivity contribution in [1.82, 2.24) is 9.97 Å². The second-order valence-electron chi connectivity index (χ2n) is 3.27. The van der Waals surface area contributed by atoms with Crippen molar-refractivity contribution in [2.75, 3.05) is 5.75 Å². The number of rotatable bonds is 3. The Morgan fingerprint density at radius 3 is 2.62 bits per heavy atom. The quantitative estimate of drug-likeness (QED) is 0.695. The van der Waals surface area contributed by atoms with Crippen LogP contribution in [0.4, 0.5) is 0 Å². The van der Waals surface area contributed by atoms with Gasteiger partial charge in [-0.15, -0.1) is 11.8 Å². The maximum Gasteiger partial charge on any atom is 0.117 e. The largest absolute Gasteiger partial charge is 0.253 e. The van der Waals surface area contributed by atoms with Crippen LogP contribution in [0.15, 0.2) is 11.2 Å². The molecule has 0 bridgehead atoms. The Hall–Kier alpha value is -0.570. The lowest BCUT2D eigenvalue weighted by Gasteiger charge is -2.07.